The summed E-state index contributed by atoms with van der Waals surface area (Å²) in [5.41, 5.74) is 0. The summed E-state index contributed by atoms with van der Waals surface area (Å²) < 4.78 is 1.15. The van der Waals surface area contributed by atoms with E-state index in [0.29, 0.717) is 0 Å². The predicted molar refractivity (Wildman–Crippen MR) is 103 cm³/mol. The van der Waals surface area contributed by atoms with Crippen molar-refractivity contribution in [2.45, 2.75) is 0 Å². The molecule has 0 amide bonds. The minimum atomic E-state index is -2.16. The fourth-order valence-electron chi connectivity index (χ4n) is 2.55. The molecule has 0 spiro atoms. The zero-order chi connectivity index (χ0) is 14.7. The van der Waals surface area contributed by atoms with Crippen molar-refractivity contribution in [2.75, 3.05) is 0 Å². The zero-order valence-corrected chi connectivity index (χ0v) is 15.5. The number of halogens is 2. The van der Waals surface area contributed by atoms with Crippen molar-refractivity contribution < 1.29 is 0 Å². The first-order valence-electron chi connectivity index (χ1n) is 6.78. The van der Waals surface area contributed by atoms with Crippen molar-refractivity contribution in [1.82, 2.24) is 0 Å². The van der Waals surface area contributed by atoms with E-state index in [0.717, 1.165) is 4.47 Å². The van der Waals surface area contributed by atoms with Gasteiger partial charge in [0.2, 0.25) is 0 Å². The predicted octanol–water partition coefficient (Wildman–Crippen LogP) is 4.79. The van der Waals surface area contributed by atoms with Gasteiger partial charge in [-0.25, -0.2) is 0 Å². The van der Waals surface area contributed by atoms with Gasteiger partial charge < -0.3 is 0 Å². The summed E-state index contributed by atoms with van der Waals surface area (Å²) in [5, 5.41) is 4.04. The van der Waals surface area contributed by atoms with Gasteiger partial charge in [-0.2, -0.15) is 0 Å². The van der Waals surface area contributed by atoms with Crippen molar-refractivity contribution in [3.05, 3.63) is 89.4 Å². The molecule has 3 aromatic rings. The van der Waals surface area contributed by atoms with Gasteiger partial charge >= 0.3 is 143 Å². The van der Waals surface area contributed by atoms with Crippen LogP contribution in [0.3, 0.4) is 0 Å². The Balaban J connectivity index is 2.29. The zero-order valence-electron chi connectivity index (χ0n) is 11.3. The van der Waals surface area contributed by atoms with E-state index < -0.39 is 5.96 Å². The van der Waals surface area contributed by atoms with Crippen LogP contribution in [-0.2, 0) is 0 Å². The van der Waals surface area contributed by atoms with Crippen molar-refractivity contribution >= 4 is 53.3 Å². The van der Waals surface area contributed by atoms with E-state index in [4.69, 9.17) is 0 Å². The second-order valence-electron chi connectivity index (χ2n) is 4.87. The van der Waals surface area contributed by atoms with Crippen molar-refractivity contribution in [2.24, 2.45) is 0 Å². The molecule has 3 aromatic carbocycles. The van der Waals surface area contributed by atoms with Crippen LogP contribution in [0.4, 0.5) is 0 Å². The first-order chi connectivity index (χ1) is 10.2. The molecule has 0 unspecified atom stereocenters. The van der Waals surface area contributed by atoms with Crippen LogP contribution < -0.4 is 15.9 Å². The number of benzene rings is 3. The van der Waals surface area contributed by atoms with Gasteiger partial charge in [0.1, 0.15) is 0 Å². The Labute approximate surface area is 142 Å². The minimum absolute atomic E-state index is 1.15. The van der Waals surface area contributed by atoms with E-state index in [1.165, 1.54) is 15.9 Å². The Morgan fingerprint density at radius 1 is 0.571 bits per heavy atom. The van der Waals surface area contributed by atoms with Gasteiger partial charge in [0.25, 0.3) is 0 Å². The topological polar surface area (TPSA) is 0 Å². The Morgan fingerprint density at radius 2 is 1.00 bits per heavy atom. The van der Waals surface area contributed by atoms with E-state index in [2.05, 4.69) is 116 Å². The Bertz CT molecular complexity index is 687. The normalized spacial score (nSPS) is 12.1. The first-order valence-corrected chi connectivity index (χ1v) is 11.8. The van der Waals surface area contributed by atoms with Gasteiger partial charge in [0.15, 0.2) is 0 Å². The third-order valence-electron chi connectivity index (χ3n) is 3.59. The molecule has 106 valence electrons. The standard InChI is InChI=1S/C18H15Br2P/c19-17-13-7-8-14-18(17)21(20,15-9-3-1-4-10-15)16-11-5-2-6-12-16/h1-14,21H. The van der Waals surface area contributed by atoms with Gasteiger partial charge in [0, 0.05) is 0 Å². The maximum absolute atomic E-state index is 4.17. The second-order valence-corrected chi connectivity index (χ2v) is 12.3. The van der Waals surface area contributed by atoms with Gasteiger partial charge in [0.05, 0.1) is 0 Å². The second kappa shape index (κ2) is 6.44. The molecule has 3 rings (SSSR count). The van der Waals surface area contributed by atoms with Crippen LogP contribution in [0.15, 0.2) is 89.4 Å². The summed E-state index contributed by atoms with van der Waals surface area (Å²) in [6, 6.07) is 29.9. The van der Waals surface area contributed by atoms with Crippen molar-refractivity contribution in [3.8, 4) is 0 Å². The van der Waals surface area contributed by atoms with E-state index in [9.17, 15) is 0 Å². The molecule has 0 fully saturated rings. The molecule has 0 aromatic heterocycles. The first kappa shape index (κ1) is 15.0. The summed E-state index contributed by atoms with van der Waals surface area (Å²) in [6.07, 6.45) is 0. The Hall–Kier alpha value is -0.950. The number of hydrogen-bond donors (Lipinski definition) is 0. The molecular weight excluding hydrogens is 407 g/mol. The van der Waals surface area contributed by atoms with Crippen LogP contribution in [0.2, 0.25) is 0 Å². The van der Waals surface area contributed by atoms with Gasteiger partial charge in [-0.05, 0) is 0 Å². The van der Waals surface area contributed by atoms with Crippen LogP contribution in [0.1, 0.15) is 0 Å². The fourth-order valence-corrected chi connectivity index (χ4v) is 10.1. The molecule has 0 aliphatic heterocycles. The molecule has 0 heterocycles. The van der Waals surface area contributed by atoms with E-state index >= 15 is 0 Å². The van der Waals surface area contributed by atoms with Crippen LogP contribution in [0.5, 0.6) is 0 Å². The van der Waals surface area contributed by atoms with Gasteiger partial charge in [-0.1, -0.05) is 0 Å². The van der Waals surface area contributed by atoms with Crippen molar-refractivity contribution in [1.29, 1.82) is 0 Å². The Kier molecular flexibility index (Phi) is 4.59. The number of rotatable bonds is 3. The maximum atomic E-state index is 4.17. The molecule has 0 nitrogen and oxygen atoms in total. The molecule has 0 N–H and O–H groups in total. The molecular formula is C18H15Br2P. The van der Waals surface area contributed by atoms with E-state index in [1.54, 1.807) is 0 Å². The van der Waals surface area contributed by atoms with Gasteiger partial charge in [-0.15, -0.1) is 0 Å². The molecule has 0 saturated heterocycles. The van der Waals surface area contributed by atoms with Crippen molar-refractivity contribution in [3.63, 3.8) is 0 Å². The summed E-state index contributed by atoms with van der Waals surface area (Å²) >= 11 is 7.90. The summed E-state index contributed by atoms with van der Waals surface area (Å²) in [5.74, 6) is -2.16. The SMILES string of the molecule is Brc1ccccc1[PH](Br)(c1ccccc1)c1ccccc1. The molecule has 21 heavy (non-hydrogen) atoms. The number of hydrogen-bond acceptors (Lipinski definition) is 0. The van der Waals surface area contributed by atoms with Crippen LogP contribution >= 0.6 is 37.4 Å². The Morgan fingerprint density at radius 3 is 1.48 bits per heavy atom. The molecule has 0 atom stereocenters. The summed E-state index contributed by atoms with van der Waals surface area (Å²) in [7, 11) is 0. The van der Waals surface area contributed by atoms with E-state index in [-0.39, 0.29) is 0 Å². The average molecular weight is 422 g/mol. The fraction of sp³-hybridized carbons (Fsp3) is 0. The quantitative estimate of drug-likeness (QED) is 0.533. The summed E-state index contributed by atoms with van der Waals surface area (Å²) in [6.45, 7) is 0. The molecule has 0 radical (unpaired) electrons. The van der Waals surface area contributed by atoms with E-state index in [1.807, 2.05) is 0 Å². The third-order valence-corrected chi connectivity index (χ3v) is 12.1. The monoisotopic (exact) mass is 420 g/mol. The van der Waals surface area contributed by atoms with Crippen LogP contribution in [0.25, 0.3) is 0 Å². The average Bonchev–Trinajstić information content (AvgIpc) is 2.56. The van der Waals surface area contributed by atoms with Crippen LogP contribution in [0, 0.1) is 0 Å². The molecule has 3 heteroatoms. The third kappa shape index (κ3) is 2.85. The molecule has 0 bridgehead atoms. The van der Waals surface area contributed by atoms with Gasteiger partial charge in [-0.3, -0.25) is 0 Å². The summed E-state index contributed by atoms with van der Waals surface area (Å²) in [4.78, 5) is 0. The molecule has 0 aliphatic carbocycles. The molecule has 0 saturated carbocycles. The van der Waals surface area contributed by atoms with Crippen LogP contribution in [-0.4, -0.2) is 0 Å². The molecule has 0 aliphatic rings.